The van der Waals surface area contributed by atoms with Crippen LogP contribution >= 0.6 is 0 Å². The Kier molecular flexibility index (Phi) is 6.76. The van der Waals surface area contributed by atoms with Gasteiger partial charge in [-0.25, -0.2) is 0 Å². The predicted octanol–water partition coefficient (Wildman–Crippen LogP) is 1.31. The SMILES string of the molecule is COc1cccc2c1C(=O)c1c(O)c3c(c(O)c1C2=O)C[C@@](O)(C(=O)CO)C[C@@H]3O[C@H]1CC(C)[C@H](O)[C@H](C)O1. The number of phenolic OH excluding ortho intramolecular Hbond substituents is 2. The number of rotatable bonds is 5. The molecule has 1 fully saturated rings. The van der Waals surface area contributed by atoms with Crippen LogP contribution in [-0.2, 0) is 20.7 Å². The van der Waals surface area contributed by atoms with E-state index >= 15 is 0 Å². The maximum atomic E-state index is 13.7. The summed E-state index contributed by atoms with van der Waals surface area (Å²) < 4.78 is 17.2. The molecule has 1 unspecified atom stereocenters. The molecule has 1 aliphatic heterocycles. The minimum Gasteiger partial charge on any atom is -0.507 e. The first kappa shape index (κ1) is 27.2. The van der Waals surface area contributed by atoms with Gasteiger partial charge in [0.1, 0.15) is 29.5 Å². The highest BCUT2D eigenvalue weighted by molar-refractivity contribution is 6.31. The highest BCUT2D eigenvalue weighted by Crippen LogP contribution is 2.52. The average molecular weight is 543 g/mol. The zero-order valence-electron chi connectivity index (χ0n) is 21.6. The van der Waals surface area contributed by atoms with Crippen molar-refractivity contribution in [2.45, 2.75) is 63.3 Å². The Bertz CT molecular complexity index is 1370. The molecule has 11 nitrogen and oxygen atoms in total. The first-order chi connectivity index (χ1) is 18.4. The highest BCUT2D eigenvalue weighted by atomic mass is 16.7. The zero-order chi connectivity index (χ0) is 28.4. The molecule has 0 saturated carbocycles. The maximum Gasteiger partial charge on any atom is 0.202 e. The third-order valence-corrected chi connectivity index (χ3v) is 8.05. The Morgan fingerprint density at radius 1 is 1.10 bits per heavy atom. The fourth-order valence-corrected chi connectivity index (χ4v) is 5.95. The van der Waals surface area contributed by atoms with Crippen molar-refractivity contribution in [3.05, 3.63) is 51.6 Å². The summed E-state index contributed by atoms with van der Waals surface area (Å²) in [5, 5.41) is 53.9. The molecule has 5 N–H and O–H groups in total. The largest absolute Gasteiger partial charge is 0.507 e. The predicted molar refractivity (Wildman–Crippen MR) is 133 cm³/mol. The molecular formula is C28H30O11. The quantitative estimate of drug-likeness (QED) is 0.293. The number of ketones is 3. The second-order valence-electron chi connectivity index (χ2n) is 10.5. The molecule has 39 heavy (non-hydrogen) atoms. The number of ether oxygens (including phenoxy) is 3. The monoisotopic (exact) mass is 542 g/mol. The lowest BCUT2D eigenvalue weighted by Gasteiger charge is -2.42. The first-order valence-corrected chi connectivity index (χ1v) is 12.7. The van der Waals surface area contributed by atoms with Gasteiger partial charge in [0, 0.05) is 36.0 Å². The number of Topliss-reactive ketones (excluding diaryl/α,β-unsaturated/α-hetero) is 1. The van der Waals surface area contributed by atoms with Crippen molar-refractivity contribution in [3.63, 3.8) is 0 Å². The topological polar surface area (TPSA) is 180 Å². The van der Waals surface area contributed by atoms with E-state index in [-0.39, 0.29) is 40.3 Å². The van der Waals surface area contributed by atoms with Gasteiger partial charge >= 0.3 is 0 Å². The van der Waals surface area contributed by atoms with E-state index in [1.54, 1.807) is 13.8 Å². The lowest BCUT2D eigenvalue weighted by atomic mass is 9.72. The molecular weight excluding hydrogens is 512 g/mol. The second kappa shape index (κ2) is 9.68. The number of hydrogen-bond acceptors (Lipinski definition) is 11. The Balaban J connectivity index is 1.69. The van der Waals surface area contributed by atoms with Crippen molar-refractivity contribution in [1.29, 1.82) is 0 Å². The number of aliphatic hydroxyl groups is 3. The van der Waals surface area contributed by atoms with Crippen LogP contribution in [-0.4, -0.2) is 80.7 Å². The number of phenols is 2. The first-order valence-electron chi connectivity index (χ1n) is 12.7. The summed E-state index contributed by atoms with van der Waals surface area (Å²) in [6.45, 7) is 2.46. The molecule has 2 aromatic carbocycles. The van der Waals surface area contributed by atoms with Gasteiger partial charge in [0.15, 0.2) is 17.9 Å². The van der Waals surface area contributed by atoms with Gasteiger partial charge in [-0.05, 0) is 18.9 Å². The molecule has 2 aromatic rings. The van der Waals surface area contributed by atoms with Crippen LogP contribution in [0.2, 0.25) is 0 Å². The van der Waals surface area contributed by atoms with Gasteiger partial charge in [-0.2, -0.15) is 0 Å². The fourth-order valence-electron chi connectivity index (χ4n) is 5.95. The van der Waals surface area contributed by atoms with E-state index in [1.165, 1.54) is 25.3 Å². The molecule has 0 radical (unpaired) electrons. The standard InChI is InChI=1S/C28H30O11/c1-11-7-18(38-12(2)23(11)31)39-16-9-28(36,17(30)10-29)8-14-20(16)27(35)22-21(25(14)33)24(32)13-5-4-6-15(37-3)19(13)26(22)34/h4-6,11-12,16,18,23,29,31,33,35-36H,7-10H2,1-3H3/t11?,12-,16-,18-,23-,28-/m0/s1. The number of aromatic hydroxyl groups is 2. The van der Waals surface area contributed by atoms with Crippen molar-refractivity contribution >= 4 is 17.3 Å². The van der Waals surface area contributed by atoms with Gasteiger partial charge in [-0.1, -0.05) is 19.1 Å². The average Bonchev–Trinajstić information content (AvgIpc) is 2.90. The van der Waals surface area contributed by atoms with Crippen LogP contribution in [0.25, 0.3) is 0 Å². The van der Waals surface area contributed by atoms with E-state index < -0.39 is 89.6 Å². The van der Waals surface area contributed by atoms with Gasteiger partial charge < -0.3 is 39.7 Å². The van der Waals surface area contributed by atoms with Crippen LogP contribution < -0.4 is 4.74 Å². The molecule has 1 heterocycles. The summed E-state index contributed by atoms with van der Waals surface area (Å²) in [4.78, 5) is 39.8. The number of hydrogen-bond donors (Lipinski definition) is 5. The van der Waals surface area contributed by atoms with Crippen molar-refractivity contribution < 1.29 is 54.1 Å². The molecule has 5 rings (SSSR count). The van der Waals surface area contributed by atoms with Crippen LogP contribution in [0.4, 0.5) is 0 Å². The van der Waals surface area contributed by atoms with Gasteiger partial charge in [0.25, 0.3) is 0 Å². The van der Waals surface area contributed by atoms with E-state index in [1.807, 2.05) is 0 Å². The van der Waals surface area contributed by atoms with Crippen LogP contribution in [0.15, 0.2) is 18.2 Å². The summed E-state index contributed by atoms with van der Waals surface area (Å²) in [6, 6.07) is 4.40. The normalized spacial score (nSPS) is 29.8. The Morgan fingerprint density at radius 2 is 1.79 bits per heavy atom. The van der Waals surface area contributed by atoms with E-state index in [4.69, 9.17) is 14.2 Å². The smallest absolute Gasteiger partial charge is 0.202 e. The van der Waals surface area contributed by atoms with Crippen LogP contribution in [0.1, 0.15) is 75.8 Å². The van der Waals surface area contributed by atoms with Crippen molar-refractivity contribution in [3.8, 4) is 17.2 Å². The van der Waals surface area contributed by atoms with Crippen LogP contribution in [0.3, 0.4) is 0 Å². The molecule has 6 atom stereocenters. The molecule has 11 heteroatoms. The van der Waals surface area contributed by atoms with E-state index in [0.29, 0.717) is 0 Å². The van der Waals surface area contributed by atoms with Gasteiger partial charge in [-0.3, -0.25) is 14.4 Å². The molecule has 208 valence electrons. The van der Waals surface area contributed by atoms with E-state index in [2.05, 4.69) is 0 Å². The molecule has 0 bridgehead atoms. The minimum absolute atomic E-state index is 0.0380. The molecule has 0 aromatic heterocycles. The van der Waals surface area contributed by atoms with E-state index in [0.717, 1.165) is 0 Å². The van der Waals surface area contributed by atoms with Gasteiger partial charge in [0.05, 0.1) is 42.1 Å². The molecule has 0 spiro atoms. The number of fused-ring (bicyclic) bond motifs is 3. The number of aliphatic hydroxyl groups excluding tert-OH is 2. The summed E-state index contributed by atoms with van der Waals surface area (Å²) in [5.41, 5.74) is -3.45. The molecule has 1 saturated heterocycles. The van der Waals surface area contributed by atoms with Gasteiger partial charge in [-0.15, -0.1) is 0 Å². The molecule has 3 aliphatic rings. The number of benzene rings is 2. The third-order valence-electron chi connectivity index (χ3n) is 8.05. The third kappa shape index (κ3) is 4.12. The van der Waals surface area contributed by atoms with E-state index in [9.17, 15) is 39.9 Å². The second-order valence-corrected chi connectivity index (χ2v) is 10.5. The van der Waals surface area contributed by atoms with Crippen molar-refractivity contribution in [1.82, 2.24) is 0 Å². The molecule has 0 amide bonds. The maximum absolute atomic E-state index is 13.7. The molecule has 2 aliphatic carbocycles. The fraction of sp³-hybridized carbons (Fsp3) is 0.464. The van der Waals surface area contributed by atoms with Crippen molar-refractivity contribution in [2.75, 3.05) is 13.7 Å². The lowest BCUT2D eigenvalue weighted by molar-refractivity contribution is -0.255. The summed E-state index contributed by atoms with van der Waals surface area (Å²) in [5.74, 6) is -3.87. The van der Waals surface area contributed by atoms with Crippen molar-refractivity contribution in [2.24, 2.45) is 5.92 Å². The highest BCUT2D eigenvalue weighted by Gasteiger charge is 2.50. The Morgan fingerprint density at radius 3 is 2.44 bits per heavy atom. The Hall–Kier alpha value is -3.35. The summed E-state index contributed by atoms with van der Waals surface area (Å²) >= 11 is 0. The minimum atomic E-state index is -2.21. The van der Waals surface area contributed by atoms with Gasteiger partial charge in [0.2, 0.25) is 5.78 Å². The zero-order valence-corrected chi connectivity index (χ0v) is 21.6. The van der Waals surface area contributed by atoms with Crippen LogP contribution in [0.5, 0.6) is 17.2 Å². The number of carbonyl (C=O) groups excluding carboxylic acids is 3. The lowest BCUT2D eigenvalue weighted by Crippen LogP contribution is -2.49. The number of carbonyl (C=O) groups is 3. The summed E-state index contributed by atoms with van der Waals surface area (Å²) in [7, 11) is 1.33. The summed E-state index contributed by atoms with van der Waals surface area (Å²) in [6.07, 6.45) is -4.31. The number of methoxy groups -OCH3 is 1. The van der Waals surface area contributed by atoms with Crippen LogP contribution in [0, 0.1) is 5.92 Å². The Labute approximate surface area is 223 Å².